The smallest absolute Gasteiger partial charge is 0.409 e. The Kier molecular flexibility index (Phi) is 5.25. The van der Waals surface area contributed by atoms with Crippen molar-refractivity contribution in [3.63, 3.8) is 0 Å². The molecule has 0 atom stereocenters. The van der Waals surface area contributed by atoms with Crippen molar-refractivity contribution in [2.75, 3.05) is 36.5 Å². The van der Waals surface area contributed by atoms with Crippen molar-refractivity contribution in [1.82, 2.24) is 0 Å². The fourth-order valence-electron chi connectivity index (χ4n) is 1.49. The second-order valence-electron chi connectivity index (χ2n) is 3.41. The minimum absolute atomic E-state index is 0.00483. The first-order valence-corrected chi connectivity index (χ1v) is 5.24. The quantitative estimate of drug-likeness (QED) is 0.583. The molecule has 0 bridgehead atoms. The van der Waals surface area contributed by atoms with Crippen molar-refractivity contribution in [3.05, 3.63) is 24.3 Å². The average Bonchev–Trinajstić information content (AvgIpc) is 2.29. The van der Waals surface area contributed by atoms with Crippen LogP contribution in [0.4, 0.5) is 16.2 Å². The van der Waals surface area contributed by atoms with Crippen molar-refractivity contribution in [1.29, 1.82) is 0 Å². The van der Waals surface area contributed by atoms with E-state index in [1.807, 2.05) is 4.90 Å². The highest BCUT2D eigenvalue weighted by molar-refractivity contribution is 5.83. The molecule has 0 unspecified atom stereocenters. The van der Waals surface area contributed by atoms with Gasteiger partial charge in [-0.05, 0) is 24.3 Å². The fraction of sp³-hybridized carbons (Fsp3) is 0.364. The Bertz CT molecular complexity index is 347. The van der Waals surface area contributed by atoms with E-state index >= 15 is 0 Å². The average molecular weight is 240 g/mol. The number of hydrogen-bond acceptors (Lipinski definition) is 4. The lowest BCUT2D eigenvalue weighted by Crippen LogP contribution is -2.29. The van der Waals surface area contributed by atoms with Crippen LogP contribution in [0.25, 0.3) is 0 Å². The molecule has 4 N–H and O–H groups in total. The van der Waals surface area contributed by atoms with Crippen LogP contribution in [-0.4, -0.2) is 47.7 Å². The molecule has 94 valence electrons. The maximum Gasteiger partial charge on any atom is 0.409 e. The Morgan fingerprint density at radius 2 is 1.65 bits per heavy atom. The standard InChI is InChI=1S/C11H16N2O4/c14-7-5-13(6-8-15)10-3-1-9(2-4-10)12-11(16)17/h1-4,12,14-15H,5-8H2,(H,16,17). The number of anilines is 2. The van der Waals surface area contributed by atoms with Crippen LogP contribution in [0.5, 0.6) is 0 Å². The predicted octanol–water partition coefficient (Wildman–Crippen LogP) is 0.568. The maximum absolute atomic E-state index is 10.4. The van der Waals surface area contributed by atoms with Crippen LogP contribution >= 0.6 is 0 Å². The second kappa shape index (κ2) is 6.72. The van der Waals surface area contributed by atoms with Gasteiger partial charge < -0.3 is 20.2 Å². The summed E-state index contributed by atoms with van der Waals surface area (Å²) in [5.74, 6) is 0. The number of nitrogens with one attached hydrogen (secondary N) is 1. The zero-order valence-corrected chi connectivity index (χ0v) is 9.33. The van der Waals surface area contributed by atoms with Gasteiger partial charge in [-0.3, -0.25) is 5.32 Å². The molecule has 1 aromatic carbocycles. The van der Waals surface area contributed by atoms with E-state index in [0.717, 1.165) is 5.69 Å². The van der Waals surface area contributed by atoms with Gasteiger partial charge in [-0.25, -0.2) is 4.79 Å². The molecular weight excluding hydrogens is 224 g/mol. The van der Waals surface area contributed by atoms with Gasteiger partial charge in [0, 0.05) is 24.5 Å². The Labute approximate surface area is 99.1 Å². The number of hydrogen-bond donors (Lipinski definition) is 4. The summed E-state index contributed by atoms with van der Waals surface area (Å²) in [6.07, 6.45) is -1.11. The number of amides is 1. The van der Waals surface area contributed by atoms with Crippen LogP contribution in [0, 0.1) is 0 Å². The van der Waals surface area contributed by atoms with Gasteiger partial charge in [-0.1, -0.05) is 0 Å². The monoisotopic (exact) mass is 240 g/mol. The molecule has 0 aliphatic carbocycles. The van der Waals surface area contributed by atoms with Gasteiger partial charge in [-0.15, -0.1) is 0 Å². The van der Waals surface area contributed by atoms with Gasteiger partial charge in [-0.2, -0.15) is 0 Å². The number of carbonyl (C=O) groups is 1. The Morgan fingerprint density at radius 1 is 1.12 bits per heavy atom. The van der Waals surface area contributed by atoms with E-state index in [2.05, 4.69) is 5.32 Å². The molecule has 0 aromatic heterocycles. The second-order valence-corrected chi connectivity index (χ2v) is 3.41. The normalized spacial score (nSPS) is 10.0. The molecule has 0 fully saturated rings. The molecule has 0 aliphatic rings. The molecule has 17 heavy (non-hydrogen) atoms. The number of aliphatic hydroxyl groups is 2. The van der Waals surface area contributed by atoms with Crippen molar-refractivity contribution >= 4 is 17.5 Å². The third-order valence-corrected chi connectivity index (χ3v) is 2.22. The van der Waals surface area contributed by atoms with Gasteiger partial charge in [0.15, 0.2) is 0 Å². The van der Waals surface area contributed by atoms with Crippen LogP contribution in [0.3, 0.4) is 0 Å². The lowest BCUT2D eigenvalue weighted by atomic mass is 10.2. The van der Waals surface area contributed by atoms with Gasteiger partial charge >= 0.3 is 6.09 Å². The Morgan fingerprint density at radius 3 is 2.06 bits per heavy atom. The van der Waals surface area contributed by atoms with Crippen LogP contribution in [-0.2, 0) is 0 Å². The molecule has 0 heterocycles. The van der Waals surface area contributed by atoms with E-state index in [0.29, 0.717) is 18.8 Å². The predicted molar refractivity (Wildman–Crippen MR) is 64.5 cm³/mol. The summed E-state index contributed by atoms with van der Waals surface area (Å²) in [5.41, 5.74) is 1.30. The molecule has 1 aromatic rings. The highest BCUT2D eigenvalue weighted by Crippen LogP contribution is 2.17. The first-order chi connectivity index (χ1) is 8.17. The molecule has 6 heteroatoms. The van der Waals surface area contributed by atoms with Crippen molar-refractivity contribution < 1.29 is 20.1 Å². The van der Waals surface area contributed by atoms with E-state index in [4.69, 9.17) is 15.3 Å². The SMILES string of the molecule is O=C(O)Nc1ccc(N(CCO)CCO)cc1. The molecule has 1 rings (SSSR count). The zero-order chi connectivity index (χ0) is 12.7. The van der Waals surface area contributed by atoms with E-state index in [1.54, 1.807) is 24.3 Å². The molecular formula is C11H16N2O4. The van der Waals surface area contributed by atoms with Gasteiger partial charge in [0.05, 0.1) is 13.2 Å². The first kappa shape index (κ1) is 13.3. The van der Waals surface area contributed by atoms with Gasteiger partial charge in [0.1, 0.15) is 0 Å². The minimum Gasteiger partial charge on any atom is -0.465 e. The molecule has 0 spiro atoms. The van der Waals surface area contributed by atoms with Crippen molar-refractivity contribution in [3.8, 4) is 0 Å². The lowest BCUT2D eigenvalue weighted by Gasteiger charge is -2.23. The Hall–Kier alpha value is -1.79. The van der Waals surface area contributed by atoms with E-state index in [-0.39, 0.29) is 13.2 Å². The molecule has 0 saturated heterocycles. The van der Waals surface area contributed by atoms with Crippen LogP contribution in [0.15, 0.2) is 24.3 Å². The fourth-order valence-corrected chi connectivity index (χ4v) is 1.49. The number of nitrogens with zero attached hydrogens (tertiary/aromatic N) is 1. The number of aliphatic hydroxyl groups excluding tert-OH is 2. The summed E-state index contributed by atoms with van der Waals surface area (Å²) in [6.45, 7) is 0.836. The molecule has 0 aliphatic heterocycles. The van der Waals surface area contributed by atoms with Crippen LogP contribution in [0.1, 0.15) is 0 Å². The largest absolute Gasteiger partial charge is 0.465 e. The van der Waals surface area contributed by atoms with Crippen molar-refractivity contribution in [2.45, 2.75) is 0 Å². The molecule has 0 radical (unpaired) electrons. The van der Waals surface area contributed by atoms with Crippen molar-refractivity contribution in [2.24, 2.45) is 0 Å². The van der Waals surface area contributed by atoms with E-state index in [1.165, 1.54) is 0 Å². The zero-order valence-electron chi connectivity index (χ0n) is 9.33. The third kappa shape index (κ3) is 4.29. The summed E-state index contributed by atoms with van der Waals surface area (Å²) in [5, 5.41) is 28.5. The number of rotatable bonds is 6. The highest BCUT2D eigenvalue weighted by atomic mass is 16.4. The summed E-state index contributed by atoms with van der Waals surface area (Å²) >= 11 is 0. The van der Waals surface area contributed by atoms with E-state index in [9.17, 15) is 4.79 Å². The third-order valence-electron chi connectivity index (χ3n) is 2.22. The molecule has 0 saturated carbocycles. The maximum atomic E-state index is 10.4. The minimum atomic E-state index is -1.11. The molecule has 1 amide bonds. The first-order valence-electron chi connectivity index (χ1n) is 5.24. The summed E-state index contributed by atoms with van der Waals surface area (Å²) in [4.78, 5) is 12.2. The summed E-state index contributed by atoms with van der Waals surface area (Å²) in [6, 6.07) is 6.73. The summed E-state index contributed by atoms with van der Waals surface area (Å²) in [7, 11) is 0. The summed E-state index contributed by atoms with van der Waals surface area (Å²) < 4.78 is 0. The van der Waals surface area contributed by atoms with Crippen LogP contribution in [0.2, 0.25) is 0 Å². The lowest BCUT2D eigenvalue weighted by molar-refractivity contribution is 0.209. The number of benzene rings is 1. The van der Waals surface area contributed by atoms with Gasteiger partial charge in [0.2, 0.25) is 0 Å². The Balaban J connectivity index is 2.72. The molecule has 6 nitrogen and oxygen atoms in total. The number of carboxylic acid groups (broad SMARTS) is 1. The van der Waals surface area contributed by atoms with Gasteiger partial charge in [0.25, 0.3) is 0 Å². The topological polar surface area (TPSA) is 93.0 Å². The highest BCUT2D eigenvalue weighted by Gasteiger charge is 2.05. The van der Waals surface area contributed by atoms with Crippen LogP contribution < -0.4 is 10.2 Å². The van der Waals surface area contributed by atoms with E-state index < -0.39 is 6.09 Å².